The maximum absolute atomic E-state index is 12.4. The maximum atomic E-state index is 12.4. The van der Waals surface area contributed by atoms with E-state index in [2.05, 4.69) is 0 Å². The van der Waals surface area contributed by atoms with Gasteiger partial charge in [-0.2, -0.15) is 0 Å². The number of hydrogen-bond donors (Lipinski definition) is 1. The molecule has 0 bridgehead atoms. The van der Waals surface area contributed by atoms with Gasteiger partial charge in [-0.1, -0.05) is 18.5 Å². The summed E-state index contributed by atoms with van der Waals surface area (Å²) < 4.78 is 0.697. The van der Waals surface area contributed by atoms with Crippen LogP contribution < -0.4 is 0 Å². The van der Waals surface area contributed by atoms with Crippen molar-refractivity contribution in [2.45, 2.75) is 26.3 Å². The molecule has 0 spiro atoms. The molecule has 1 fully saturated rings. The van der Waals surface area contributed by atoms with Crippen molar-refractivity contribution in [3.05, 3.63) is 21.3 Å². The highest BCUT2D eigenvalue weighted by molar-refractivity contribution is 7.16. The van der Waals surface area contributed by atoms with Crippen molar-refractivity contribution in [1.29, 1.82) is 0 Å². The molecule has 1 aromatic heterocycles. The molecule has 1 aliphatic rings. The van der Waals surface area contributed by atoms with Crippen LogP contribution in [-0.4, -0.2) is 47.0 Å². The monoisotopic (exact) mass is 330 g/mol. The second-order valence-corrected chi connectivity index (χ2v) is 7.25. The quantitative estimate of drug-likeness (QED) is 0.922. The molecule has 21 heavy (non-hydrogen) atoms. The molecule has 1 atom stereocenters. The minimum absolute atomic E-state index is 0.129. The van der Waals surface area contributed by atoms with E-state index in [1.165, 1.54) is 11.3 Å². The number of nitrogens with zero attached hydrogens (tertiary/aromatic N) is 2. The smallest absolute Gasteiger partial charge is 0.320 e. The average molecular weight is 331 g/mol. The van der Waals surface area contributed by atoms with Crippen LogP contribution in [0.3, 0.4) is 0 Å². The number of amides is 2. The summed E-state index contributed by atoms with van der Waals surface area (Å²) in [7, 11) is 1.72. The van der Waals surface area contributed by atoms with Crippen molar-refractivity contribution in [3.63, 3.8) is 0 Å². The topological polar surface area (TPSA) is 60.9 Å². The van der Waals surface area contributed by atoms with Gasteiger partial charge in [0.2, 0.25) is 0 Å². The molecule has 2 rings (SSSR count). The molecule has 116 valence electrons. The minimum atomic E-state index is -0.812. The number of carboxylic acid groups (broad SMARTS) is 1. The molecule has 2 heterocycles. The highest BCUT2D eigenvalue weighted by atomic mass is 35.5. The van der Waals surface area contributed by atoms with Crippen molar-refractivity contribution in [3.8, 4) is 0 Å². The predicted octanol–water partition coefficient (Wildman–Crippen LogP) is 3.14. The summed E-state index contributed by atoms with van der Waals surface area (Å²) in [4.78, 5) is 28.1. The Morgan fingerprint density at radius 2 is 2.24 bits per heavy atom. The zero-order chi connectivity index (χ0) is 15.6. The third kappa shape index (κ3) is 3.32. The fourth-order valence-electron chi connectivity index (χ4n) is 2.63. The van der Waals surface area contributed by atoms with Gasteiger partial charge >= 0.3 is 12.0 Å². The van der Waals surface area contributed by atoms with E-state index >= 15 is 0 Å². The van der Waals surface area contributed by atoms with E-state index in [9.17, 15) is 14.7 Å². The summed E-state index contributed by atoms with van der Waals surface area (Å²) in [6, 6.07) is 3.58. The number of halogens is 1. The fraction of sp³-hybridized carbons (Fsp3) is 0.571. The lowest BCUT2D eigenvalue weighted by atomic mass is 9.84. The fourth-order valence-corrected chi connectivity index (χ4v) is 3.77. The first-order valence-electron chi connectivity index (χ1n) is 6.85. The van der Waals surface area contributed by atoms with Crippen molar-refractivity contribution in [1.82, 2.24) is 9.80 Å². The van der Waals surface area contributed by atoms with Gasteiger partial charge in [0.1, 0.15) is 0 Å². The Hall–Kier alpha value is -1.27. The van der Waals surface area contributed by atoms with E-state index in [4.69, 9.17) is 11.6 Å². The van der Waals surface area contributed by atoms with Crippen LogP contribution in [0.4, 0.5) is 4.79 Å². The van der Waals surface area contributed by atoms with Crippen LogP contribution in [0.15, 0.2) is 12.1 Å². The molecule has 0 saturated carbocycles. The number of likely N-dealkylation sites (tertiary alicyclic amines) is 1. The zero-order valence-corrected chi connectivity index (χ0v) is 13.7. The Kier molecular flexibility index (Phi) is 4.78. The van der Waals surface area contributed by atoms with Gasteiger partial charge < -0.3 is 14.9 Å². The third-order valence-electron chi connectivity index (χ3n) is 4.10. The van der Waals surface area contributed by atoms with Crippen LogP contribution in [0.2, 0.25) is 4.34 Å². The summed E-state index contributed by atoms with van der Waals surface area (Å²) in [6.45, 7) is 3.13. The first-order chi connectivity index (χ1) is 9.88. The van der Waals surface area contributed by atoms with Crippen LogP contribution in [0.25, 0.3) is 0 Å². The lowest BCUT2D eigenvalue weighted by Crippen LogP contribution is -2.42. The number of carbonyl (C=O) groups excluding carboxylic acids is 1. The Bertz CT molecular complexity index is 548. The summed E-state index contributed by atoms with van der Waals surface area (Å²) in [5, 5.41) is 9.38. The maximum Gasteiger partial charge on any atom is 0.320 e. The van der Waals surface area contributed by atoms with E-state index in [0.29, 0.717) is 30.3 Å². The first-order valence-corrected chi connectivity index (χ1v) is 8.05. The molecule has 1 unspecified atom stereocenters. The minimum Gasteiger partial charge on any atom is -0.481 e. The van der Waals surface area contributed by atoms with E-state index in [-0.39, 0.29) is 12.6 Å². The standard InChI is InChI=1S/C14H19ClN2O3S/c1-3-14(12(18)19)6-7-17(9-14)13(20)16(2)8-10-4-5-11(15)21-10/h4-5H,3,6-9H2,1-2H3,(H,18,19). The van der Waals surface area contributed by atoms with E-state index in [1.54, 1.807) is 16.8 Å². The molecule has 5 nitrogen and oxygen atoms in total. The summed E-state index contributed by atoms with van der Waals surface area (Å²) >= 11 is 7.33. The Morgan fingerprint density at radius 1 is 1.52 bits per heavy atom. The Labute approximate surface area is 133 Å². The van der Waals surface area contributed by atoms with Gasteiger partial charge in [-0.25, -0.2) is 4.79 Å². The average Bonchev–Trinajstić information content (AvgIpc) is 3.05. The lowest BCUT2D eigenvalue weighted by Gasteiger charge is -2.26. The molecule has 1 N–H and O–H groups in total. The van der Waals surface area contributed by atoms with Gasteiger partial charge in [0.15, 0.2) is 0 Å². The summed E-state index contributed by atoms with van der Waals surface area (Å²) in [6.07, 6.45) is 1.06. The number of carbonyl (C=O) groups is 2. The Morgan fingerprint density at radius 3 is 2.71 bits per heavy atom. The molecule has 0 radical (unpaired) electrons. The van der Waals surface area contributed by atoms with Crippen LogP contribution in [-0.2, 0) is 11.3 Å². The van der Waals surface area contributed by atoms with Gasteiger partial charge in [0.05, 0.1) is 16.3 Å². The van der Waals surface area contributed by atoms with E-state index in [1.807, 2.05) is 19.1 Å². The zero-order valence-electron chi connectivity index (χ0n) is 12.1. The molecule has 2 amide bonds. The van der Waals surface area contributed by atoms with Gasteiger partial charge in [0.25, 0.3) is 0 Å². The van der Waals surface area contributed by atoms with Crippen molar-refractivity contribution in [2.24, 2.45) is 5.41 Å². The molecule has 1 aliphatic heterocycles. The highest BCUT2D eigenvalue weighted by Crippen LogP contribution is 2.34. The van der Waals surface area contributed by atoms with Gasteiger partial charge in [-0.15, -0.1) is 11.3 Å². The second kappa shape index (κ2) is 6.23. The van der Waals surface area contributed by atoms with Gasteiger partial charge in [-0.3, -0.25) is 4.79 Å². The van der Waals surface area contributed by atoms with Crippen LogP contribution >= 0.6 is 22.9 Å². The SMILES string of the molecule is CCC1(C(=O)O)CCN(C(=O)N(C)Cc2ccc(Cl)s2)C1. The first kappa shape index (κ1) is 16.1. The number of urea groups is 1. The van der Waals surface area contributed by atoms with Gasteiger partial charge in [0, 0.05) is 25.0 Å². The number of rotatable bonds is 4. The lowest BCUT2D eigenvalue weighted by molar-refractivity contribution is -0.148. The number of hydrogen-bond acceptors (Lipinski definition) is 3. The molecular weight excluding hydrogens is 312 g/mol. The molecule has 0 aliphatic carbocycles. The van der Waals surface area contributed by atoms with Crippen molar-refractivity contribution < 1.29 is 14.7 Å². The molecule has 0 aromatic carbocycles. The Balaban J connectivity index is 1.99. The molecule has 7 heteroatoms. The third-order valence-corrected chi connectivity index (χ3v) is 5.32. The van der Waals surface area contributed by atoms with Crippen LogP contribution in [0.1, 0.15) is 24.6 Å². The number of thiophene rings is 1. The largest absolute Gasteiger partial charge is 0.481 e. The second-order valence-electron chi connectivity index (χ2n) is 5.46. The van der Waals surface area contributed by atoms with Crippen LogP contribution in [0.5, 0.6) is 0 Å². The predicted molar refractivity (Wildman–Crippen MR) is 82.7 cm³/mol. The normalized spacial score (nSPS) is 21.6. The van der Waals surface area contributed by atoms with E-state index in [0.717, 1.165) is 4.88 Å². The molecule has 1 saturated heterocycles. The number of aliphatic carboxylic acids is 1. The van der Waals surface area contributed by atoms with Gasteiger partial charge in [-0.05, 0) is 25.0 Å². The summed E-state index contributed by atoms with van der Waals surface area (Å²) in [5.74, 6) is -0.812. The summed E-state index contributed by atoms with van der Waals surface area (Å²) in [5.41, 5.74) is -0.789. The van der Waals surface area contributed by atoms with Crippen molar-refractivity contribution >= 4 is 34.9 Å². The highest BCUT2D eigenvalue weighted by Gasteiger charge is 2.45. The van der Waals surface area contributed by atoms with E-state index < -0.39 is 11.4 Å². The number of carboxylic acids is 1. The molecule has 1 aromatic rings. The van der Waals surface area contributed by atoms with Crippen LogP contribution in [0, 0.1) is 5.41 Å². The molecular formula is C14H19ClN2O3S. The van der Waals surface area contributed by atoms with Crippen molar-refractivity contribution in [2.75, 3.05) is 20.1 Å².